The summed E-state index contributed by atoms with van der Waals surface area (Å²) in [6.45, 7) is 7.31. The van der Waals surface area contributed by atoms with E-state index in [0.717, 1.165) is 22.4 Å². The molecule has 192 valence electrons. The average Bonchev–Trinajstić information content (AvgIpc) is 3.46. The fourth-order valence-electron chi connectivity index (χ4n) is 4.60. The van der Waals surface area contributed by atoms with Gasteiger partial charge in [-0.1, -0.05) is 11.2 Å². The lowest BCUT2D eigenvalue weighted by atomic mass is 10.0. The van der Waals surface area contributed by atoms with Crippen LogP contribution in [0.25, 0.3) is 22.6 Å². The molecule has 4 aromatic rings. The lowest BCUT2D eigenvalue weighted by molar-refractivity contribution is 0.108. The van der Waals surface area contributed by atoms with E-state index in [4.69, 9.17) is 19.2 Å². The molecule has 0 fully saturated rings. The first-order valence-electron chi connectivity index (χ1n) is 12.1. The van der Waals surface area contributed by atoms with Gasteiger partial charge in [0, 0.05) is 24.8 Å². The number of fused-ring (bicyclic) bond motifs is 1. The van der Waals surface area contributed by atoms with E-state index in [1.54, 1.807) is 19.3 Å². The molecule has 2 N–H and O–H groups in total. The summed E-state index contributed by atoms with van der Waals surface area (Å²) in [6, 6.07) is 8.39. The van der Waals surface area contributed by atoms with E-state index in [-0.39, 0.29) is 18.0 Å². The first kappa shape index (κ1) is 24.8. The number of benzene rings is 1. The van der Waals surface area contributed by atoms with Crippen molar-refractivity contribution in [2.75, 3.05) is 25.1 Å². The number of aliphatic hydroxyl groups excluding tert-OH is 1. The van der Waals surface area contributed by atoms with Crippen LogP contribution in [0.15, 0.2) is 41.1 Å². The molecule has 10 heteroatoms. The number of ether oxygens (including phenoxy) is 1. The zero-order valence-electron chi connectivity index (χ0n) is 21.2. The number of aliphatic hydroxyl groups is 1. The number of pyridine rings is 1. The van der Waals surface area contributed by atoms with Gasteiger partial charge < -0.3 is 24.6 Å². The maximum absolute atomic E-state index is 15.2. The number of nitrogens with one attached hydrogen (secondary N) is 1. The van der Waals surface area contributed by atoms with Gasteiger partial charge in [-0.25, -0.2) is 14.4 Å². The number of aromatic nitrogens is 4. The lowest BCUT2D eigenvalue weighted by Gasteiger charge is -2.21. The van der Waals surface area contributed by atoms with Gasteiger partial charge in [-0.15, -0.1) is 0 Å². The van der Waals surface area contributed by atoms with Gasteiger partial charge in [0.25, 0.3) is 0 Å². The van der Waals surface area contributed by atoms with Crippen molar-refractivity contribution in [1.82, 2.24) is 25.4 Å². The van der Waals surface area contributed by atoms with Crippen molar-refractivity contribution in [3.63, 3.8) is 0 Å². The summed E-state index contributed by atoms with van der Waals surface area (Å²) in [4.78, 5) is 16.3. The highest BCUT2D eigenvalue weighted by Crippen LogP contribution is 2.37. The Morgan fingerprint density at radius 3 is 2.76 bits per heavy atom. The SMILES string of the molecule is CNC[C@H](O)COc1ccc(F)c(-c2nc(-c3c(C)noc3C)c(C)c(N3Cc4cccnc4C3)n2)c1. The summed E-state index contributed by atoms with van der Waals surface area (Å²) in [5, 5.41) is 17.0. The quantitative estimate of drug-likeness (QED) is 0.371. The molecule has 0 saturated carbocycles. The van der Waals surface area contributed by atoms with E-state index in [1.165, 1.54) is 12.1 Å². The molecule has 0 radical (unpaired) electrons. The van der Waals surface area contributed by atoms with Crippen LogP contribution in [0, 0.1) is 26.6 Å². The third kappa shape index (κ3) is 4.90. The van der Waals surface area contributed by atoms with Crippen molar-refractivity contribution in [2.45, 2.75) is 40.0 Å². The zero-order valence-corrected chi connectivity index (χ0v) is 21.2. The number of aryl methyl sites for hydroxylation is 2. The second kappa shape index (κ2) is 10.2. The molecule has 1 aliphatic heterocycles. The van der Waals surface area contributed by atoms with Gasteiger partial charge in [-0.3, -0.25) is 4.98 Å². The molecule has 5 rings (SSSR count). The molecule has 0 unspecified atom stereocenters. The van der Waals surface area contributed by atoms with Gasteiger partial charge >= 0.3 is 0 Å². The second-order valence-corrected chi connectivity index (χ2v) is 9.17. The molecule has 3 aromatic heterocycles. The molecule has 0 aliphatic carbocycles. The predicted octanol–water partition coefficient (Wildman–Crippen LogP) is 3.74. The highest BCUT2D eigenvalue weighted by atomic mass is 19.1. The number of anilines is 1. The Bertz CT molecular complexity index is 1400. The summed E-state index contributed by atoms with van der Waals surface area (Å²) in [5.41, 5.74) is 5.25. The summed E-state index contributed by atoms with van der Waals surface area (Å²) >= 11 is 0. The number of halogens is 1. The van der Waals surface area contributed by atoms with Gasteiger partial charge in [-0.05, 0) is 57.6 Å². The van der Waals surface area contributed by atoms with Crippen molar-refractivity contribution in [3.8, 4) is 28.4 Å². The highest BCUT2D eigenvalue weighted by molar-refractivity contribution is 5.75. The van der Waals surface area contributed by atoms with Crippen LogP contribution in [-0.2, 0) is 13.1 Å². The monoisotopic (exact) mass is 504 g/mol. The van der Waals surface area contributed by atoms with Gasteiger partial charge in [0.05, 0.1) is 34.8 Å². The maximum atomic E-state index is 15.2. The number of rotatable bonds is 8. The third-order valence-corrected chi connectivity index (χ3v) is 6.44. The Hall–Kier alpha value is -3.89. The molecular formula is C27H29FN6O3. The summed E-state index contributed by atoms with van der Waals surface area (Å²) in [6.07, 6.45) is 1.09. The number of hydrogen-bond acceptors (Lipinski definition) is 9. The van der Waals surface area contributed by atoms with Crippen LogP contribution in [0.1, 0.15) is 28.3 Å². The van der Waals surface area contributed by atoms with Crippen molar-refractivity contribution in [2.24, 2.45) is 0 Å². The highest BCUT2D eigenvalue weighted by Gasteiger charge is 2.27. The third-order valence-electron chi connectivity index (χ3n) is 6.44. The Labute approximate surface area is 214 Å². The van der Waals surface area contributed by atoms with Crippen molar-refractivity contribution in [1.29, 1.82) is 0 Å². The maximum Gasteiger partial charge on any atom is 0.165 e. The standard InChI is InChI=1S/C27H29FN6O3/c1-15-25(24-16(2)33-37-17(24)3)31-26(32-27(15)34-12-18-6-5-9-30-23(18)13-34)21-10-20(7-8-22(21)28)36-14-19(35)11-29-4/h5-10,19,29,35H,11-14H2,1-4H3/t19-/m0/s1. The largest absolute Gasteiger partial charge is 0.491 e. The van der Waals surface area contributed by atoms with Gasteiger partial charge in [0.2, 0.25) is 0 Å². The summed E-state index contributed by atoms with van der Waals surface area (Å²) in [7, 11) is 1.75. The average molecular weight is 505 g/mol. The van der Waals surface area contributed by atoms with Crippen molar-refractivity contribution in [3.05, 3.63) is 70.6 Å². The summed E-state index contributed by atoms with van der Waals surface area (Å²) in [5.74, 6) is 1.47. The van der Waals surface area contributed by atoms with Crippen molar-refractivity contribution >= 4 is 5.82 Å². The Morgan fingerprint density at radius 2 is 2.03 bits per heavy atom. The summed E-state index contributed by atoms with van der Waals surface area (Å²) < 4.78 is 26.3. The van der Waals surface area contributed by atoms with Crippen LogP contribution in [0.2, 0.25) is 0 Å². The minimum atomic E-state index is -0.697. The Morgan fingerprint density at radius 1 is 1.19 bits per heavy atom. The molecule has 1 aliphatic rings. The minimum Gasteiger partial charge on any atom is -0.491 e. The first-order chi connectivity index (χ1) is 17.9. The van der Waals surface area contributed by atoms with Crippen LogP contribution >= 0.6 is 0 Å². The van der Waals surface area contributed by atoms with Gasteiger partial charge in [0.15, 0.2) is 5.82 Å². The van der Waals surface area contributed by atoms with Crippen LogP contribution < -0.4 is 15.0 Å². The van der Waals surface area contributed by atoms with Crippen LogP contribution in [0.4, 0.5) is 10.2 Å². The molecule has 0 spiro atoms. The van der Waals surface area contributed by atoms with Crippen LogP contribution in [-0.4, -0.2) is 51.5 Å². The second-order valence-electron chi connectivity index (χ2n) is 9.17. The number of hydrogen-bond donors (Lipinski definition) is 2. The predicted molar refractivity (Wildman–Crippen MR) is 137 cm³/mol. The van der Waals surface area contributed by atoms with Crippen molar-refractivity contribution < 1.29 is 18.8 Å². The molecule has 0 bridgehead atoms. The molecule has 9 nitrogen and oxygen atoms in total. The van der Waals surface area contributed by atoms with Crippen LogP contribution in [0.3, 0.4) is 0 Å². The zero-order chi connectivity index (χ0) is 26.1. The molecule has 0 saturated heterocycles. The molecule has 0 amide bonds. The number of likely N-dealkylation sites (N-methyl/N-ethyl adjacent to an activating group) is 1. The Balaban J connectivity index is 1.60. The molecular weight excluding hydrogens is 475 g/mol. The molecule has 1 aromatic carbocycles. The van der Waals surface area contributed by atoms with E-state index >= 15 is 4.39 Å². The first-order valence-corrected chi connectivity index (χ1v) is 12.1. The normalized spacial score (nSPS) is 13.6. The fraction of sp³-hybridized carbons (Fsp3) is 0.333. The number of nitrogens with zero attached hydrogens (tertiary/aromatic N) is 5. The smallest absolute Gasteiger partial charge is 0.165 e. The van der Waals surface area contributed by atoms with Gasteiger partial charge in [0.1, 0.15) is 35.9 Å². The topological polar surface area (TPSA) is 109 Å². The molecule has 4 heterocycles. The fourth-order valence-corrected chi connectivity index (χ4v) is 4.60. The van der Waals surface area contributed by atoms with Gasteiger partial charge in [-0.2, -0.15) is 0 Å². The lowest BCUT2D eigenvalue weighted by Crippen LogP contribution is -2.29. The van der Waals surface area contributed by atoms with E-state index in [0.29, 0.717) is 48.3 Å². The Kier molecular flexibility index (Phi) is 6.86. The minimum absolute atomic E-state index is 0.0648. The van der Waals surface area contributed by atoms with Crippen LogP contribution in [0.5, 0.6) is 5.75 Å². The van der Waals surface area contributed by atoms with E-state index < -0.39 is 11.9 Å². The van der Waals surface area contributed by atoms with E-state index in [2.05, 4.69) is 26.4 Å². The molecule has 1 atom stereocenters. The van der Waals surface area contributed by atoms with E-state index in [1.807, 2.05) is 26.8 Å². The molecule has 37 heavy (non-hydrogen) atoms. The van der Waals surface area contributed by atoms with E-state index in [9.17, 15) is 5.11 Å².